The Labute approximate surface area is 188 Å². The van der Waals surface area contributed by atoms with Gasteiger partial charge in [0, 0.05) is 0 Å². The first-order valence-electron chi connectivity index (χ1n) is 11.4. The zero-order chi connectivity index (χ0) is 21.8. The molecular formula is C30H33P. The van der Waals surface area contributed by atoms with Crippen molar-refractivity contribution in [2.75, 3.05) is 0 Å². The van der Waals surface area contributed by atoms with Crippen molar-refractivity contribution in [3.63, 3.8) is 0 Å². The summed E-state index contributed by atoms with van der Waals surface area (Å²) in [7, 11) is -2.42. The number of hydrogen-bond acceptors (Lipinski definition) is 0. The molecule has 0 saturated heterocycles. The summed E-state index contributed by atoms with van der Waals surface area (Å²) in [5.41, 5.74) is 2.78. The van der Waals surface area contributed by atoms with E-state index in [-0.39, 0.29) is 0 Å². The van der Waals surface area contributed by atoms with E-state index >= 15 is 0 Å². The minimum atomic E-state index is -2.42. The average molecular weight is 425 g/mol. The molecule has 0 aliphatic rings. The van der Waals surface area contributed by atoms with Crippen molar-refractivity contribution in [2.45, 2.75) is 39.5 Å². The quantitative estimate of drug-likeness (QED) is 0.319. The summed E-state index contributed by atoms with van der Waals surface area (Å²) in [6.07, 6.45) is 0. The zero-order valence-electron chi connectivity index (χ0n) is 19.0. The van der Waals surface area contributed by atoms with Crippen LogP contribution in [0.25, 0.3) is 0 Å². The van der Waals surface area contributed by atoms with Crippen LogP contribution >= 0.6 is 7.26 Å². The molecule has 0 fully saturated rings. The van der Waals surface area contributed by atoms with E-state index in [1.807, 2.05) is 0 Å². The van der Waals surface area contributed by atoms with Crippen LogP contribution in [0.3, 0.4) is 0 Å². The Hall–Kier alpha value is -2.69. The molecule has 0 amide bonds. The van der Waals surface area contributed by atoms with Crippen molar-refractivity contribution in [1.29, 1.82) is 0 Å². The summed E-state index contributed by atoms with van der Waals surface area (Å²) in [5.74, 6) is 1.06. The van der Waals surface area contributed by atoms with Gasteiger partial charge in [-0.3, -0.25) is 0 Å². The maximum atomic E-state index is 2.39. The Balaban J connectivity index is 2.04. The fraction of sp³-hybridized carbons (Fsp3) is 0.200. The van der Waals surface area contributed by atoms with Crippen LogP contribution in [0.2, 0.25) is 0 Å². The summed E-state index contributed by atoms with van der Waals surface area (Å²) in [6, 6.07) is 41.2. The van der Waals surface area contributed by atoms with Crippen molar-refractivity contribution >= 4 is 28.5 Å². The van der Waals surface area contributed by atoms with E-state index in [2.05, 4.69) is 137 Å². The third-order valence-electron chi connectivity index (χ3n) is 6.43. The maximum absolute atomic E-state index is 2.42. The first kappa shape index (κ1) is 21.5. The summed E-state index contributed by atoms with van der Waals surface area (Å²) < 4.78 is 0. The predicted molar refractivity (Wildman–Crippen MR) is 141 cm³/mol. The zero-order valence-corrected chi connectivity index (χ0v) is 20.0. The van der Waals surface area contributed by atoms with Gasteiger partial charge in [-0.1, -0.05) is 0 Å². The van der Waals surface area contributed by atoms with Crippen LogP contribution in [-0.4, -0.2) is 0 Å². The van der Waals surface area contributed by atoms with Crippen LogP contribution in [-0.2, 0) is 0 Å². The summed E-state index contributed by atoms with van der Waals surface area (Å²) >= 11 is 0. The second-order valence-electron chi connectivity index (χ2n) is 9.04. The van der Waals surface area contributed by atoms with Crippen molar-refractivity contribution in [2.24, 2.45) is 0 Å². The fourth-order valence-corrected chi connectivity index (χ4v) is 9.33. The van der Waals surface area contributed by atoms with Crippen LogP contribution in [0.15, 0.2) is 109 Å². The van der Waals surface area contributed by atoms with Gasteiger partial charge in [-0.2, -0.15) is 0 Å². The molecular weight excluding hydrogens is 391 g/mol. The Kier molecular flexibility index (Phi) is 6.40. The molecule has 0 aliphatic heterocycles. The van der Waals surface area contributed by atoms with Gasteiger partial charge in [-0.15, -0.1) is 0 Å². The minimum absolute atomic E-state index is 0.531. The average Bonchev–Trinajstić information content (AvgIpc) is 2.82. The molecule has 0 atom stereocenters. The van der Waals surface area contributed by atoms with Crippen LogP contribution < -0.4 is 21.2 Å². The van der Waals surface area contributed by atoms with E-state index in [1.165, 1.54) is 32.3 Å². The summed E-state index contributed by atoms with van der Waals surface area (Å²) in [6.45, 7) is 9.05. The Morgan fingerprint density at radius 2 is 0.677 bits per heavy atom. The van der Waals surface area contributed by atoms with Gasteiger partial charge in [-0.25, -0.2) is 0 Å². The Bertz CT molecular complexity index is 1000. The normalized spacial score (nSPS) is 12.3. The summed E-state index contributed by atoms with van der Waals surface area (Å²) in [5, 5.41) is 5.73. The fourth-order valence-electron chi connectivity index (χ4n) is 4.61. The van der Waals surface area contributed by atoms with Gasteiger partial charge in [0.15, 0.2) is 0 Å². The molecule has 0 radical (unpaired) electrons. The van der Waals surface area contributed by atoms with Gasteiger partial charge < -0.3 is 0 Å². The van der Waals surface area contributed by atoms with E-state index in [9.17, 15) is 0 Å². The van der Waals surface area contributed by atoms with Crippen LogP contribution in [0, 0.1) is 0 Å². The van der Waals surface area contributed by atoms with Gasteiger partial charge >= 0.3 is 188 Å². The number of benzene rings is 4. The van der Waals surface area contributed by atoms with E-state index < -0.39 is 7.26 Å². The molecule has 0 bridgehead atoms. The molecule has 0 aromatic heterocycles. The number of hydrogen-bond donors (Lipinski definition) is 0. The van der Waals surface area contributed by atoms with Gasteiger partial charge in [-0.05, 0) is 0 Å². The van der Waals surface area contributed by atoms with Crippen molar-refractivity contribution < 1.29 is 0 Å². The molecule has 0 unspecified atom stereocenters. The molecule has 4 rings (SSSR count). The molecule has 0 spiro atoms. The van der Waals surface area contributed by atoms with Gasteiger partial charge in [0.05, 0.1) is 0 Å². The molecule has 31 heavy (non-hydrogen) atoms. The monoisotopic (exact) mass is 424 g/mol. The van der Waals surface area contributed by atoms with Crippen LogP contribution in [0.4, 0.5) is 0 Å². The predicted octanol–water partition coefficient (Wildman–Crippen LogP) is 6.29. The third-order valence-corrected chi connectivity index (χ3v) is 11.2. The van der Waals surface area contributed by atoms with E-state index in [4.69, 9.17) is 0 Å². The number of rotatable bonds is 6. The van der Waals surface area contributed by atoms with E-state index in [0.29, 0.717) is 11.8 Å². The van der Waals surface area contributed by atoms with Gasteiger partial charge in [0.2, 0.25) is 0 Å². The molecule has 0 nitrogen and oxygen atoms in total. The van der Waals surface area contributed by atoms with Crippen LogP contribution in [0.5, 0.6) is 0 Å². The second kappa shape index (κ2) is 9.21. The first-order valence-corrected chi connectivity index (χ1v) is 13.4. The Morgan fingerprint density at radius 1 is 0.387 bits per heavy atom. The topological polar surface area (TPSA) is 0 Å². The SMILES string of the molecule is CC(C)c1ccc([PH](c2ccccc2)(c2ccccc2)c2ccc(C(C)C)cc2)cc1. The molecule has 0 heterocycles. The molecule has 1 heteroatoms. The molecule has 0 saturated carbocycles. The van der Waals surface area contributed by atoms with Gasteiger partial charge in [0.25, 0.3) is 0 Å². The Morgan fingerprint density at radius 3 is 0.968 bits per heavy atom. The first-order chi connectivity index (χ1) is 15.0. The standard InChI is InChI=1S/C30H33P/c1-23(2)25-15-19-29(20-16-25)31(27-11-7-5-8-12-27,28-13-9-6-10-14-28)30-21-17-26(18-22-30)24(3)4/h5-24,31H,1-4H3. The molecule has 0 aliphatic carbocycles. The van der Waals surface area contributed by atoms with Crippen molar-refractivity contribution in [1.82, 2.24) is 0 Å². The van der Waals surface area contributed by atoms with Crippen LogP contribution in [0.1, 0.15) is 50.7 Å². The van der Waals surface area contributed by atoms with Crippen molar-refractivity contribution in [3.05, 3.63) is 120 Å². The van der Waals surface area contributed by atoms with E-state index in [0.717, 1.165) is 0 Å². The summed E-state index contributed by atoms with van der Waals surface area (Å²) in [4.78, 5) is 0. The van der Waals surface area contributed by atoms with E-state index in [1.54, 1.807) is 0 Å². The molecule has 4 aromatic carbocycles. The molecule has 158 valence electrons. The second-order valence-corrected chi connectivity index (χ2v) is 12.8. The molecule has 0 N–H and O–H groups in total. The molecule has 4 aromatic rings. The third kappa shape index (κ3) is 4.10. The van der Waals surface area contributed by atoms with Gasteiger partial charge in [0.1, 0.15) is 0 Å². The van der Waals surface area contributed by atoms with Crippen molar-refractivity contribution in [3.8, 4) is 0 Å².